The van der Waals surface area contributed by atoms with Gasteiger partial charge < -0.3 is 15.2 Å². The molecule has 0 radical (unpaired) electrons. The first-order valence-corrected chi connectivity index (χ1v) is 5.44. The number of hydrogen-bond donors (Lipinski definition) is 2. The fraction of sp³-hybridized carbons (Fsp3) is 0.385. The third kappa shape index (κ3) is 2.99. The number of carboxylic acids is 1. The molecule has 5 heteroatoms. The van der Waals surface area contributed by atoms with Crippen molar-refractivity contribution in [1.82, 2.24) is 0 Å². The van der Waals surface area contributed by atoms with Crippen molar-refractivity contribution in [3.63, 3.8) is 0 Å². The van der Waals surface area contributed by atoms with Crippen LogP contribution >= 0.6 is 0 Å². The minimum Gasteiger partial charge on any atom is -0.479 e. The Morgan fingerprint density at radius 3 is 2.78 bits per heavy atom. The number of rotatable bonds is 5. The lowest BCUT2D eigenvalue weighted by Crippen LogP contribution is -2.47. The van der Waals surface area contributed by atoms with Gasteiger partial charge in [-0.1, -0.05) is 6.07 Å². The second-order valence-corrected chi connectivity index (χ2v) is 4.34. The highest BCUT2D eigenvalue weighted by molar-refractivity contribution is 5.83. The van der Waals surface area contributed by atoms with E-state index in [9.17, 15) is 9.90 Å². The smallest absolute Gasteiger partial charge is 0.331 e. The maximum Gasteiger partial charge on any atom is 0.331 e. The van der Waals surface area contributed by atoms with Gasteiger partial charge in [-0.2, -0.15) is 5.26 Å². The van der Waals surface area contributed by atoms with E-state index in [1.54, 1.807) is 18.2 Å². The van der Waals surface area contributed by atoms with Crippen molar-refractivity contribution < 1.29 is 14.6 Å². The number of ether oxygens (including phenoxy) is 1. The second kappa shape index (κ2) is 5.52. The highest BCUT2D eigenvalue weighted by atomic mass is 16.5. The van der Waals surface area contributed by atoms with Crippen LogP contribution in [0.3, 0.4) is 0 Å². The van der Waals surface area contributed by atoms with Gasteiger partial charge in [-0.15, -0.1) is 0 Å². The molecular weight excluding hydrogens is 232 g/mol. The summed E-state index contributed by atoms with van der Waals surface area (Å²) in [6.45, 7) is 3.41. The number of aryl methyl sites for hydroxylation is 1. The molecule has 1 atom stereocenters. The van der Waals surface area contributed by atoms with Crippen LogP contribution in [0, 0.1) is 18.3 Å². The maximum atomic E-state index is 11.3. The summed E-state index contributed by atoms with van der Waals surface area (Å²) in [5.41, 5.74) is 0.745. The van der Waals surface area contributed by atoms with E-state index in [1.807, 2.05) is 13.0 Å². The van der Waals surface area contributed by atoms with E-state index in [0.29, 0.717) is 11.3 Å². The van der Waals surface area contributed by atoms with Gasteiger partial charge in [0.2, 0.25) is 0 Å². The first-order chi connectivity index (χ1) is 8.42. The quantitative estimate of drug-likeness (QED) is 0.829. The summed E-state index contributed by atoms with van der Waals surface area (Å²) in [5, 5.41) is 21.0. The molecule has 96 valence electrons. The largest absolute Gasteiger partial charge is 0.479 e. The van der Waals surface area contributed by atoms with Crippen molar-refractivity contribution >= 4 is 11.7 Å². The SMILES string of the molecule is COCC(C)(Nc1cc(C#N)ccc1C)C(=O)O. The average Bonchev–Trinajstić information content (AvgIpc) is 2.32. The summed E-state index contributed by atoms with van der Waals surface area (Å²) >= 11 is 0. The van der Waals surface area contributed by atoms with Crippen LogP contribution in [0.15, 0.2) is 18.2 Å². The summed E-state index contributed by atoms with van der Waals surface area (Å²) in [6.07, 6.45) is 0. The summed E-state index contributed by atoms with van der Waals surface area (Å²) in [7, 11) is 1.45. The number of carboxylic acid groups (broad SMARTS) is 1. The molecule has 0 saturated heterocycles. The zero-order chi connectivity index (χ0) is 13.8. The fourth-order valence-electron chi connectivity index (χ4n) is 1.56. The number of nitrogens with zero attached hydrogens (tertiary/aromatic N) is 1. The van der Waals surface area contributed by atoms with Gasteiger partial charge in [-0.25, -0.2) is 4.79 Å². The van der Waals surface area contributed by atoms with Crippen molar-refractivity contribution in [3.8, 4) is 6.07 Å². The lowest BCUT2D eigenvalue weighted by atomic mass is 10.0. The number of aliphatic carboxylic acids is 1. The molecule has 0 aliphatic carbocycles. The zero-order valence-electron chi connectivity index (χ0n) is 10.7. The Morgan fingerprint density at radius 1 is 1.61 bits per heavy atom. The topological polar surface area (TPSA) is 82.3 Å². The summed E-state index contributed by atoms with van der Waals surface area (Å²) in [6, 6.07) is 7.12. The number of benzene rings is 1. The Morgan fingerprint density at radius 2 is 2.28 bits per heavy atom. The van der Waals surface area contributed by atoms with Gasteiger partial charge in [0.15, 0.2) is 5.54 Å². The van der Waals surface area contributed by atoms with Crippen LogP contribution in [0.25, 0.3) is 0 Å². The van der Waals surface area contributed by atoms with Crippen LogP contribution in [0.2, 0.25) is 0 Å². The molecule has 0 aromatic heterocycles. The molecule has 1 aromatic carbocycles. The third-order valence-corrected chi connectivity index (χ3v) is 2.68. The van der Waals surface area contributed by atoms with Crippen molar-refractivity contribution in [2.24, 2.45) is 0 Å². The van der Waals surface area contributed by atoms with Crippen LogP contribution in [-0.4, -0.2) is 30.3 Å². The summed E-state index contributed by atoms with van der Waals surface area (Å²) in [5.74, 6) is -1.01. The van der Waals surface area contributed by atoms with Gasteiger partial charge in [-0.05, 0) is 31.5 Å². The molecule has 0 fully saturated rings. The van der Waals surface area contributed by atoms with Crippen LogP contribution in [0.5, 0.6) is 0 Å². The molecule has 0 saturated carbocycles. The number of methoxy groups -OCH3 is 1. The van der Waals surface area contributed by atoms with Crippen LogP contribution in [-0.2, 0) is 9.53 Å². The van der Waals surface area contributed by atoms with E-state index in [2.05, 4.69) is 5.32 Å². The Balaban J connectivity index is 3.08. The van der Waals surface area contributed by atoms with Gasteiger partial charge in [0, 0.05) is 12.8 Å². The van der Waals surface area contributed by atoms with Gasteiger partial charge >= 0.3 is 5.97 Å². The standard InChI is InChI=1S/C13H16N2O3/c1-9-4-5-10(7-14)6-11(9)15-13(2,8-18-3)12(16)17/h4-6,15H,8H2,1-3H3,(H,16,17). The lowest BCUT2D eigenvalue weighted by molar-refractivity contribution is -0.143. The lowest BCUT2D eigenvalue weighted by Gasteiger charge is -2.27. The molecule has 1 aromatic rings. The molecule has 1 unspecified atom stereocenters. The molecule has 0 aliphatic rings. The van der Waals surface area contributed by atoms with Crippen molar-refractivity contribution in [3.05, 3.63) is 29.3 Å². The molecule has 0 heterocycles. The Bertz CT molecular complexity index is 493. The monoisotopic (exact) mass is 248 g/mol. The highest BCUT2D eigenvalue weighted by Crippen LogP contribution is 2.21. The Labute approximate surface area is 106 Å². The minimum atomic E-state index is -1.23. The van der Waals surface area contributed by atoms with Gasteiger partial charge in [0.25, 0.3) is 0 Å². The fourth-order valence-corrected chi connectivity index (χ4v) is 1.56. The van der Waals surface area contributed by atoms with Crippen molar-refractivity contribution in [2.75, 3.05) is 19.0 Å². The normalized spacial score (nSPS) is 13.4. The van der Waals surface area contributed by atoms with Gasteiger partial charge in [-0.3, -0.25) is 0 Å². The molecule has 0 spiro atoms. The predicted molar refractivity (Wildman–Crippen MR) is 67.4 cm³/mol. The first-order valence-electron chi connectivity index (χ1n) is 5.44. The van der Waals surface area contributed by atoms with Crippen LogP contribution < -0.4 is 5.32 Å². The molecular formula is C13H16N2O3. The number of nitrogens with one attached hydrogen (secondary N) is 1. The predicted octanol–water partition coefficient (Wildman–Crippen LogP) is 1.77. The van der Waals surface area contributed by atoms with Crippen molar-refractivity contribution in [2.45, 2.75) is 19.4 Å². The summed E-state index contributed by atoms with van der Waals surface area (Å²) in [4.78, 5) is 11.3. The van der Waals surface area contributed by atoms with E-state index in [1.165, 1.54) is 14.0 Å². The molecule has 0 amide bonds. The number of anilines is 1. The molecule has 0 bridgehead atoms. The number of nitriles is 1. The van der Waals surface area contributed by atoms with E-state index in [-0.39, 0.29) is 6.61 Å². The van der Waals surface area contributed by atoms with E-state index < -0.39 is 11.5 Å². The first kappa shape index (κ1) is 14.0. The van der Waals surface area contributed by atoms with Crippen molar-refractivity contribution in [1.29, 1.82) is 5.26 Å². The Kier molecular flexibility index (Phi) is 4.29. The second-order valence-electron chi connectivity index (χ2n) is 4.34. The molecule has 1 rings (SSSR count). The minimum absolute atomic E-state index is 0.0263. The maximum absolute atomic E-state index is 11.3. The zero-order valence-corrected chi connectivity index (χ0v) is 10.7. The van der Waals surface area contributed by atoms with E-state index in [0.717, 1.165) is 5.56 Å². The molecule has 2 N–H and O–H groups in total. The Hall–Kier alpha value is -2.06. The third-order valence-electron chi connectivity index (χ3n) is 2.68. The van der Waals surface area contributed by atoms with Gasteiger partial charge in [0.05, 0.1) is 18.2 Å². The van der Waals surface area contributed by atoms with E-state index >= 15 is 0 Å². The molecule has 18 heavy (non-hydrogen) atoms. The molecule has 5 nitrogen and oxygen atoms in total. The van der Waals surface area contributed by atoms with Crippen LogP contribution in [0.1, 0.15) is 18.1 Å². The molecule has 0 aliphatic heterocycles. The van der Waals surface area contributed by atoms with Gasteiger partial charge in [0.1, 0.15) is 0 Å². The average molecular weight is 248 g/mol. The summed E-state index contributed by atoms with van der Waals surface area (Å²) < 4.78 is 4.93. The number of carbonyl (C=O) groups is 1. The number of hydrogen-bond acceptors (Lipinski definition) is 4. The van der Waals surface area contributed by atoms with E-state index in [4.69, 9.17) is 10.00 Å². The van der Waals surface area contributed by atoms with Crippen LogP contribution in [0.4, 0.5) is 5.69 Å². The highest BCUT2D eigenvalue weighted by Gasteiger charge is 2.33.